The van der Waals surface area contributed by atoms with Gasteiger partial charge >= 0.3 is 5.97 Å². The van der Waals surface area contributed by atoms with Crippen LogP contribution in [0, 0.1) is 0 Å². The van der Waals surface area contributed by atoms with Crippen molar-refractivity contribution in [2.24, 2.45) is 0 Å². The molecule has 0 fully saturated rings. The van der Waals surface area contributed by atoms with E-state index in [1.165, 1.54) is 11.8 Å². The van der Waals surface area contributed by atoms with Gasteiger partial charge in [0, 0.05) is 11.0 Å². The number of hydrogen-bond donors (Lipinski definition) is 2. The molecule has 0 radical (unpaired) electrons. The van der Waals surface area contributed by atoms with Gasteiger partial charge in [0.15, 0.2) is 0 Å². The Bertz CT molecular complexity index is 362. The molecule has 3 nitrogen and oxygen atoms in total. The van der Waals surface area contributed by atoms with Gasteiger partial charge in [-0.3, -0.25) is 4.79 Å². The normalized spacial score (nSPS) is 16.2. The quantitative estimate of drug-likeness (QED) is 0.819. The maximum absolute atomic E-state index is 10.5. The largest absolute Gasteiger partial charge is 0.481 e. The third-order valence-corrected chi connectivity index (χ3v) is 3.97. The SMILES string of the molecule is CC(CC(=O)O)SCC(C)(O)c1ccccc1. The van der Waals surface area contributed by atoms with Crippen molar-refractivity contribution >= 4 is 17.7 Å². The molecular formula is C13H18O3S. The number of aliphatic carboxylic acids is 1. The van der Waals surface area contributed by atoms with Crippen molar-refractivity contribution in [3.63, 3.8) is 0 Å². The van der Waals surface area contributed by atoms with Gasteiger partial charge in [-0.05, 0) is 12.5 Å². The summed E-state index contributed by atoms with van der Waals surface area (Å²) in [5.74, 6) is -0.310. The molecule has 94 valence electrons. The Balaban J connectivity index is 2.53. The molecule has 0 heterocycles. The zero-order valence-electron chi connectivity index (χ0n) is 10.1. The van der Waals surface area contributed by atoms with Crippen LogP contribution in [0.4, 0.5) is 0 Å². The molecule has 0 spiro atoms. The molecule has 0 amide bonds. The molecule has 0 aliphatic heterocycles. The second-order valence-corrected chi connectivity index (χ2v) is 5.79. The lowest BCUT2D eigenvalue weighted by molar-refractivity contribution is -0.136. The number of benzene rings is 1. The van der Waals surface area contributed by atoms with Gasteiger partial charge < -0.3 is 10.2 Å². The van der Waals surface area contributed by atoms with Crippen molar-refractivity contribution in [1.82, 2.24) is 0 Å². The van der Waals surface area contributed by atoms with Gasteiger partial charge in [-0.15, -0.1) is 0 Å². The number of carboxylic acids is 1. The Morgan fingerprint density at radius 2 is 2.00 bits per heavy atom. The van der Waals surface area contributed by atoms with E-state index in [9.17, 15) is 9.90 Å². The lowest BCUT2D eigenvalue weighted by atomic mass is 9.99. The molecular weight excluding hydrogens is 236 g/mol. The van der Waals surface area contributed by atoms with Crippen LogP contribution < -0.4 is 0 Å². The van der Waals surface area contributed by atoms with Crippen LogP contribution in [0.3, 0.4) is 0 Å². The molecule has 17 heavy (non-hydrogen) atoms. The maximum atomic E-state index is 10.5. The van der Waals surface area contributed by atoms with Gasteiger partial charge in [0.25, 0.3) is 0 Å². The first-order valence-electron chi connectivity index (χ1n) is 5.53. The van der Waals surface area contributed by atoms with Crippen LogP contribution in [0.1, 0.15) is 25.8 Å². The minimum absolute atomic E-state index is 0.00249. The molecule has 0 bridgehead atoms. The summed E-state index contributed by atoms with van der Waals surface area (Å²) in [5.41, 5.74) is -0.0615. The van der Waals surface area contributed by atoms with Crippen LogP contribution in [-0.2, 0) is 10.4 Å². The van der Waals surface area contributed by atoms with Crippen molar-refractivity contribution < 1.29 is 15.0 Å². The lowest BCUT2D eigenvalue weighted by Crippen LogP contribution is -2.25. The summed E-state index contributed by atoms with van der Waals surface area (Å²) in [6.07, 6.45) is 0.121. The predicted molar refractivity (Wildman–Crippen MR) is 70.2 cm³/mol. The topological polar surface area (TPSA) is 57.5 Å². The number of carbonyl (C=O) groups is 1. The molecule has 1 rings (SSSR count). The highest BCUT2D eigenvalue weighted by molar-refractivity contribution is 7.99. The van der Waals surface area contributed by atoms with E-state index < -0.39 is 11.6 Å². The van der Waals surface area contributed by atoms with Gasteiger partial charge in [0.05, 0.1) is 12.0 Å². The predicted octanol–water partition coefficient (Wildman–Crippen LogP) is 2.49. The average Bonchev–Trinajstić information content (AvgIpc) is 2.27. The number of aliphatic hydroxyl groups is 1. The van der Waals surface area contributed by atoms with Gasteiger partial charge in [-0.2, -0.15) is 11.8 Å². The van der Waals surface area contributed by atoms with Gasteiger partial charge in [0.1, 0.15) is 0 Å². The highest BCUT2D eigenvalue weighted by Gasteiger charge is 2.24. The molecule has 0 saturated heterocycles. The van der Waals surface area contributed by atoms with Crippen molar-refractivity contribution in [1.29, 1.82) is 0 Å². The van der Waals surface area contributed by atoms with E-state index in [1.807, 2.05) is 37.3 Å². The monoisotopic (exact) mass is 254 g/mol. The summed E-state index contributed by atoms with van der Waals surface area (Å²) in [4.78, 5) is 10.5. The Labute approximate surface area is 106 Å². The first-order valence-corrected chi connectivity index (χ1v) is 6.58. The minimum Gasteiger partial charge on any atom is -0.481 e. The Morgan fingerprint density at radius 3 is 2.53 bits per heavy atom. The highest BCUT2D eigenvalue weighted by Crippen LogP contribution is 2.27. The molecule has 0 aliphatic rings. The van der Waals surface area contributed by atoms with Crippen LogP contribution in [0.25, 0.3) is 0 Å². The van der Waals surface area contributed by atoms with Crippen molar-refractivity contribution in [2.45, 2.75) is 31.1 Å². The fourth-order valence-electron chi connectivity index (χ4n) is 1.49. The van der Waals surface area contributed by atoms with Gasteiger partial charge in [-0.1, -0.05) is 37.3 Å². The van der Waals surface area contributed by atoms with E-state index in [1.54, 1.807) is 6.92 Å². The minimum atomic E-state index is -0.918. The molecule has 1 aromatic carbocycles. The lowest BCUT2D eigenvalue weighted by Gasteiger charge is -2.24. The molecule has 0 aliphatic carbocycles. The van der Waals surface area contributed by atoms with Crippen LogP contribution in [-0.4, -0.2) is 27.2 Å². The number of thioether (sulfide) groups is 1. The smallest absolute Gasteiger partial charge is 0.304 e. The van der Waals surface area contributed by atoms with Crippen LogP contribution in [0.15, 0.2) is 30.3 Å². The highest BCUT2D eigenvalue weighted by atomic mass is 32.2. The molecule has 2 atom stereocenters. The Morgan fingerprint density at radius 1 is 1.41 bits per heavy atom. The third-order valence-electron chi connectivity index (χ3n) is 2.51. The summed E-state index contributed by atoms with van der Waals surface area (Å²) in [6.45, 7) is 3.61. The Hall–Kier alpha value is -1.00. The number of carboxylic acid groups (broad SMARTS) is 1. The van der Waals surface area contributed by atoms with Gasteiger partial charge in [-0.25, -0.2) is 0 Å². The fourth-order valence-corrected chi connectivity index (χ4v) is 2.53. The number of rotatable bonds is 6. The van der Waals surface area contributed by atoms with E-state index in [0.29, 0.717) is 5.75 Å². The summed E-state index contributed by atoms with van der Waals surface area (Å²) >= 11 is 1.48. The zero-order chi connectivity index (χ0) is 12.9. The molecule has 2 N–H and O–H groups in total. The van der Waals surface area contributed by atoms with Crippen LogP contribution in [0.2, 0.25) is 0 Å². The van der Waals surface area contributed by atoms with Gasteiger partial charge in [0.2, 0.25) is 0 Å². The summed E-state index contributed by atoms with van der Waals surface area (Å²) in [7, 11) is 0. The average molecular weight is 254 g/mol. The second-order valence-electron chi connectivity index (χ2n) is 4.36. The summed E-state index contributed by atoms with van der Waals surface area (Å²) < 4.78 is 0. The zero-order valence-corrected chi connectivity index (χ0v) is 10.9. The molecule has 2 unspecified atom stereocenters. The van der Waals surface area contributed by atoms with Crippen molar-refractivity contribution in [2.75, 3.05) is 5.75 Å². The standard InChI is InChI=1S/C13H18O3S/c1-10(8-12(14)15)17-9-13(2,16)11-6-4-3-5-7-11/h3-7,10,16H,8-9H2,1-2H3,(H,14,15). The number of hydrogen-bond acceptors (Lipinski definition) is 3. The molecule has 0 aromatic heterocycles. The van der Waals surface area contributed by atoms with E-state index in [2.05, 4.69) is 0 Å². The second kappa shape index (κ2) is 6.07. The fraction of sp³-hybridized carbons (Fsp3) is 0.462. The van der Waals surface area contributed by atoms with Crippen LogP contribution in [0.5, 0.6) is 0 Å². The van der Waals surface area contributed by atoms with E-state index in [0.717, 1.165) is 5.56 Å². The summed E-state index contributed by atoms with van der Waals surface area (Å²) in [5, 5.41) is 19.0. The molecule has 4 heteroatoms. The first kappa shape index (κ1) is 14.1. The molecule has 0 saturated carbocycles. The third kappa shape index (κ3) is 4.79. The molecule has 1 aromatic rings. The van der Waals surface area contributed by atoms with E-state index in [-0.39, 0.29) is 11.7 Å². The van der Waals surface area contributed by atoms with E-state index in [4.69, 9.17) is 5.11 Å². The summed E-state index contributed by atoms with van der Waals surface area (Å²) in [6, 6.07) is 9.43. The van der Waals surface area contributed by atoms with Crippen molar-refractivity contribution in [3.05, 3.63) is 35.9 Å². The van der Waals surface area contributed by atoms with E-state index >= 15 is 0 Å². The van der Waals surface area contributed by atoms with Crippen molar-refractivity contribution in [3.8, 4) is 0 Å². The first-order chi connectivity index (χ1) is 7.92. The van der Waals surface area contributed by atoms with Crippen LogP contribution >= 0.6 is 11.8 Å². The maximum Gasteiger partial charge on any atom is 0.304 e. The Kier molecular flexibility index (Phi) is 5.02.